The van der Waals surface area contributed by atoms with E-state index in [1.165, 1.54) is 5.56 Å². The Hall–Kier alpha value is -2.04. The van der Waals surface area contributed by atoms with Crippen molar-refractivity contribution >= 4 is 11.9 Å². The Balaban J connectivity index is 1.66. The second kappa shape index (κ2) is 8.37. The first-order valence-corrected chi connectivity index (χ1v) is 9.53. The predicted octanol–water partition coefficient (Wildman–Crippen LogP) is 2.98. The molecule has 3 amide bonds. The maximum Gasteiger partial charge on any atom is 0.317 e. The van der Waals surface area contributed by atoms with Gasteiger partial charge in [0, 0.05) is 25.7 Å². The fourth-order valence-corrected chi connectivity index (χ4v) is 3.95. The minimum Gasteiger partial charge on any atom is -0.356 e. The van der Waals surface area contributed by atoms with Crippen molar-refractivity contribution in [1.29, 1.82) is 0 Å². The van der Waals surface area contributed by atoms with E-state index in [4.69, 9.17) is 0 Å². The van der Waals surface area contributed by atoms with Crippen molar-refractivity contribution < 1.29 is 9.59 Å². The maximum atomic E-state index is 12.8. The summed E-state index contributed by atoms with van der Waals surface area (Å²) in [5.41, 5.74) is 2.31. The van der Waals surface area contributed by atoms with E-state index in [-0.39, 0.29) is 23.9 Å². The van der Waals surface area contributed by atoms with Crippen LogP contribution in [0.5, 0.6) is 0 Å². The molecule has 1 heterocycles. The molecule has 0 bridgehead atoms. The van der Waals surface area contributed by atoms with Crippen LogP contribution in [0.2, 0.25) is 0 Å². The van der Waals surface area contributed by atoms with Crippen LogP contribution < -0.4 is 10.6 Å². The van der Waals surface area contributed by atoms with Crippen LogP contribution in [-0.2, 0) is 11.3 Å². The van der Waals surface area contributed by atoms with Crippen molar-refractivity contribution in [3.63, 3.8) is 0 Å². The molecule has 1 saturated heterocycles. The van der Waals surface area contributed by atoms with Gasteiger partial charge in [-0.2, -0.15) is 0 Å². The second-order valence-corrected chi connectivity index (χ2v) is 7.29. The number of hydrogen-bond acceptors (Lipinski definition) is 2. The van der Waals surface area contributed by atoms with Crippen LogP contribution in [0.15, 0.2) is 24.3 Å². The summed E-state index contributed by atoms with van der Waals surface area (Å²) >= 11 is 0. The lowest BCUT2D eigenvalue weighted by Gasteiger charge is -2.33. The number of fused-ring (bicyclic) bond motifs is 1. The Morgan fingerprint density at radius 3 is 2.76 bits per heavy atom. The minimum absolute atomic E-state index is 0.0363. The molecule has 25 heavy (non-hydrogen) atoms. The zero-order valence-corrected chi connectivity index (χ0v) is 15.1. The summed E-state index contributed by atoms with van der Waals surface area (Å²) in [6.07, 6.45) is 5.86. The van der Waals surface area contributed by atoms with Gasteiger partial charge in [-0.3, -0.25) is 4.79 Å². The molecule has 3 rings (SSSR count). The SMILES string of the molecule is Cc1ccc(CNC(=O)N2CCCCCNC(=O)C3CCCC32)cc1. The normalized spacial score (nSPS) is 24.4. The lowest BCUT2D eigenvalue weighted by atomic mass is 9.99. The standard InChI is InChI=1S/C20H29N3O2/c1-15-8-10-16(11-9-15)14-22-20(25)23-13-4-2-3-12-21-19(24)17-6-5-7-18(17)23/h8-11,17-18H,2-7,12-14H2,1H3,(H,21,24)(H,22,25). The summed E-state index contributed by atoms with van der Waals surface area (Å²) in [5.74, 6) is 0.0731. The second-order valence-electron chi connectivity index (χ2n) is 7.29. The topological polar surface area (TPSA) is 61.4 Å². The first-order chi connectivity index (χ1) is 12.1. The van der Waals surface area contributed by atoms with Crippen LogP contribution in [-0.4, -0.2) is 36.0 Å². The van der Waals surface area contributed by atoms with Gasteiger partial charge < -0.3 is 15.5 Å². The molecule has 0 aromatic heterocycles. The number of hydrogen-bond donors (Lipinski definition) is 2. The molecular weight excluding hydrogens is 314 g/mol. The Kier molecular flexibility index (Phi) is 5.95. The molecule has 1 aliphatic heterocycles. The van der Waals surface area contributed by atoms with E-state index in [1.54, 1.807) is 0 Å². The third kappa shape index (κ3) is 4.53. The molecule has 5 nitrogen and oxygen atoms in total. The Bertz CT molecular complexity index is 599. The zero-order valence-electron chi connectivity index (χ0n) is 15.1. The molecule has 2 atom stereocenters. The van der Waals surface area contributed by atoms with E-state index in [2.05, 4.69) is 29.7 Å². The van der Waals surface area contributed by atoms with Crippen LogP contribution in [0.25, 0.3) is 0 Å². The molecule has 1 aliphatic carbocycles. The van der Waals surface area contributed by atoms with Crippen LogP contribution in [0.3, 0.4) is 0 Å². The molecular formula is C20H29N3O2. The minimum atomic E-state index is -0.0526. The van der Waals surface area contributed by atoms with Gasteiger partial charge in [0.2, 0.25) is 5.91 Å². The third-order valence-corrected chi connectivity index (χ3v) is 5.42. The molecule has 136 valence electrons. The van der Waals surface area contributed by atoms with Crippen molar-refractivity contribution in [3.8, 4) is 0 Å². The molecule has 2 unspecified atom stereocenters. The van der Waals surface area contributed by atoms with Gasteiger partial charge >= 0.3 is 6.03 Å². The number of nitrogens with one attached hydrogen (secondary N) is 2. The average molecular weight is 343 g/mol. The number of urea groups is 1. The van der Waals surface area contributed by atoms with Gasteiger partial charge in [-0.15, -0.1) is 0 Å². The van der Waals surface area contributed by atoms with E-state index >= 15 is 0 Å². The van der Waals surface area contributed by atoms with E-state index < -0.39 is 0 Å². The molecule has 2 fully saturated rings. The molecule has 1 saturated carbocycles. The number of benzene rings is 1. The fourth-order valence-electron chi connectivity index (χ4n) is 3.95. The molecule has 5 heteroatoms. The van der Waals surface area contributed by atoms with Gasteiger partial charge in [0.15, 0.2) is 0 Å². The molecule has 2 aliphatic rings. The highest BCUT2D eigenvalue weighted by molar-refractivity contribution is 5.81. The van der Waals surface area contributed by atoms with Crippen LogP contribution in [0.1, 0.15) is 49.7 Å². The Labute approximate surface area is 150 Å². The highest BCUT2D eigenvalue weighted by Gasteiger charge is 2.38. The van der Waals surface area contributed by atoms with Gasteiger partial charge in [0.1, 0.15) is 0 Å². The largest absolute Gasteiger partial charge is 0.356 e. The summed E-state index contributed by atoms with van der Waals surface area (Å²) in [4.78, 5) is 27.2. The molecule has 1 aromatic carbocycles. The van der Waals surface area contributed by atoms with Crippen molar-refractivity contribution in [3.05, 3.63) is 35.4 Å². The summed E-state index contributed by atoms with van der Waals surface area (Å²) in [7, 11) is 0. The first kappa shape index (κ1) is 17.8. The molecule has 0 radical (unpaired) electrons. The molecule has 2 N–H and O–H groups in total. The van der Waals surface area contributed by atoms with Crippen molar-refractivity contribution in [2.45, 2.75) is 58.0 Å². The van der Waals surface area contributed by atoms with E-state index in [0.29, 0.717) is 6.54 Å². The number of aryl methyl sites for hydroxylation is 1. The predicted molar refractivity (Wildman–Crippen MR) is 98.1 cm³/mol. The van der Waals surface area contributed by atoms with E-state index in [0.717, 1.165) is 57.2 Å². The van der Waals surface area contributed by atoms with Crippen molar-refractivity contribution in [1.82, 2.24) is 15.5 Å². The number of carbonyl (C=O) groups excluding carboxylic acids is 2. The molecule has 1 aromatic rings. The quantitative estimate of drug-likeness (QED) is 0.867. The van der Waals surface area contributed by atoms with Crippen LogP contribution in [0, 0.1) is 12.8 Å². The third-order valence-electron chi connectivity index (χ3n) is 5.42. The van der Waals surface area contributed by atoms with Gasteiger partial charge in [-0.05, 0) is 44.6 Å². The van der Waals surface area contributed by atoms with Crippen molar-refractivity contribution in [2.24, 2.45) is 5.92 Å². The monoisotopic (exact) mass is 343 g/mol. The molecule has 0 spiro atoms. The van der Waals surface area contributed by atoms with Crippen molar-refractivity contribution in [2.75, 3.05) is 13.1 Å². The first-order valence-electron chi connectivity index (χ1n) is 9.53. The fraction of sp³-hybridized carbons (Fsp3) is 0.600. The van der Waals surface area contributed by atoms with Gasteiger partial charge in [-0.25, -0.2) is 4.79 Å². The van der Waals surface area contributed by atoms with E-state index in [1.807, 2.05) is 17.0 Å². The van der Waals surface area contributed by atoms with Crippen LogP contribution in [0.4, 0.5) is 4.79 Å². The highest BCUT2D eigenvalue weighted by atomic mass is 16.2. The lowest BCUT2D eigenvalue weighted by molar-refractivity contribution is -0.126. The van der Waals surface area contributed by atoms with Gasteiger partial charge in [-0.1, -0.05) is 36.2 Å². The number of rotatable bonds is 2. The summed E-state index contributed by atoms with van der Waals surface area (Å²) in [5, 5.41) is 6.10. The number of nitrogens with zero attached hydrogens (tertiary/aromatic N) is 1. The number of amides is 3. The van der Waals surface area contributed by atoms with Crippen LogP contribution >= 0.6 is 0 Å². The maximum absolute atomic E-state index is 12.8. The Morgan fingerprint density at radius 2 is 1.96 bits per heavy atom. The lowest BCUT2D eigenvalue weighted by Crippen LogP contribution is -2.51. The average Bonchev–Trinajstić information content (AvgIpc) is 3.09. The smallest absolute Gasteiger partial charge is 0.317 e. The Morgan fingerprint density at radius 1 is 1.16 bits per heavy atom. The highest BCUT2D eigenvalue weighted by Crippen LogP contribution is 2.31. The van der Waals surface area contributed by atoms with Gasteiger partial charge in [0.05, 0.1) is 5.92 Å². The number of carbonyl (C=O) groups is 2. The van der Waals surface area contributed by atoms with Gasteiger partial charge in [0.25, 0.3) is 0 Å². The summed E-state index contributed by atoms with van der Waals surface area (Å²) in [6, 6.07) is 8.21. The summed E-state index contributed by atoms with van der Waals surface area (Å²) < 4.78 is 0. The van der Waals surface area contributed by atoms with E-state index in [9.17, 15) is 9.59 Å². The summed E-state index contributed by atoms with van der Waals surface area (Å²) in [6.45, 7) is 4.09. The zero-order chi connectivity index (χ0) is 17.6.